The van der Waals surface area contributed by atoms with Gasteiger partial charge in [-0.15, -0.1) is 0 Å². The first-order valence-electron chi connectivity index (χ1n) is 6.74. The Morgan fingerprint density at radius 1 is 1.30 bits per heavy atom. The van der Waals surface area contributed by atoms with Gasteiger partial charge in [0.05, 0.1) is 11.4 Å². The normalized spacial score (nSPS) is 16.5. The Kier molecular flexibility index (Phi) is 4.52. The standard InChI is InChI=1S/C13H22N4O2S/c1-16(9-10-17-7-2-3-8-17)11-5-4-6-12(13(11)14)20(15,18)19/h4-6H,2-3,7-10,14H2,1H3,(H2,15,18,19). The van der Waals surface area contributed by atoms with Gasteiger partial charge >= 0.3 is 0 Å². The Morgan fingerprint density at radius 3 is 2.55 bits per heavy atom. The minimum Gasteiger partial charge on any atom is -0.396 e. The van der Waals surface area contributed by atoms with Crippen molar-refractivity contribution in [1.82, 2.24) is 4.90 Å². The number of rotatable bonds is 5. The molecule has 0 aliphatic carbocycles. The molecule has 4 N–H and O–H groups in total. The monoisotopic (exact) mass is 298 g/mol. The van der Waals surface area contributed by atoms with E-state index in [9.17, 15) is 8.42 Å². The second-order valence-electron chi connectivity index (χ2n) is 5.20. The SMILES string of the molecule is CN(CCN1CCCC1)c1cccc(S(N)(=O)=O)c1N. The molecular formula is C13H22N4O2S. The molecule has 0 atom stereocenters. The zero-order valence-electron chi connectivity index (χ0n) is 11.7. The van der Waals surface area contributed by atoms with Gasteiger partial charge in [-0.3, -0.25) is 0 Å². The zero-order chi connectivity index (χ0) is 14.8. The second-order valence-corrected chi connectivity index (χ2v) is 6.73. The number of benzene rings is 1. The Balaban J connectivity index is 2.11. The molecular weight excluding hydrogens is 276 g/mol. The van der Waals surface area contributed by atoms with Crippen LogP contribution in [0.5, 0.6) is 0 Å². The molecule has 1 heterocycles. The first-order valence-corrected chi connectivity index (χ1v) is 8.29. The summed E-state index contributed by atoms with van der Waals surface area (Å²) in [6, 6.07) is 4.91. The summed E-state index contributed by atoms with van der Waals surface area (Å²) >= 11 is 0. The Hall–Kier alpha value is -1.31. The number of sulfonamides is 1. The van der Waals surface area contributed by atoms with Gasteiger partial charge in [0.1, 0.15) is 4.90 Å². The van der Waals surface area contributed by atoms with E-state index in [1.54, 1.807) is 6.07 Å². The quantitative estimate of drug-likeness (QED) is 0.770. The molecule has 1 aromatic rings. The van der Waals surface area contributed by atoms with E-state index in [1.165, 1.54) is 18.9 Å². The number of likely N-dealkylation sites (tertiary alicyclic amines) is 1. The lowest BCUT2D eigenvalue weighted by Crippen LogP contribution is -2.32. The fraction of sp³-hybridized carbons (Fsp3) is 0.538. The lowest BCUT2D eigenvalue weighted by Gasteiger charge is -2.25. The summed E-state index contributed by atoms with van der Waals surface area (Å²) in [5.74, 6) is 0. The second kappa shape index (κ2) is 5.99. The Morgan fingerprint density at radius 2 is 1.95 bits per heavy atom. The fourth-order valence-electron chi connectivity index (χ4n) is 2.53. The third-order valence-corrected chi connectivity index (χ3v) is 4.68. The van der Waals surface area contributed by atoms with Gasteiger partial charge in [0.2, 0.25) is 10.0 Å². The average Bonchev–Trinajstić information content (AvgIpc) is 2.88. The molecule has 0 saturated carbocycles. The van der Waals surface area contributed by atoms with E-state index in [0.29, 0.717) is 5.69 Å². The molecule has 112 valence electrons. The van der Waals surface area contributed by atoms with E-state index in [1.807, 2.05) is 18.0 Å². The lowest BCUT2D eigenvalue weighted by atomic mass is 10.2. The van der Waals surface area contributed by atoms with E-state index in [4.69, 9.17) is 10.9 Å². The summed E-state index contributed by atoms with van der Waals surface area (Å²) in [5, 5.41) is 5.17. The zero-order valence-corrected chi connectivity index (χ0v) is 12.6. The number of nitrogens with two attached hydrogens (primary N) is 2. The van der Waals surface area contributed by atoms with E-state index in [2.05, 4.69) is 4.90 Å². The first kappa shape index (κ1) is 15.1. The topological polar surface area (TPSA) is 92.7 Å². The van der Waals surface area contributed by atoms with Crippen LogP contribution in [0, 0.1) is 0 Å². The number of primary sulfonamides is 1. The molecule has 0 amide bonds. The molecule has 0 aromatic heterocycles. The molecule has 0 radical (unpaired) electrons. The fourth-order valence-corrected chi connectivity index (χ4v) is 3.21. The summed E-state index contributed by atoms with van der Waals surface area (Å²) in [6.45, 7) is 4.04. The van der Waals surface area contributed by atoms with Crippen molar-refractivity contribution in [3.8, 4) is 0 Å². The van der Waals surface area contributed by atoms with Crippen LogP contribution in [0.25, 0.3) is 0 Å². The van der Waals surface area contributed by atoms with Crippen LogP contribution in [0.1, 0.15) is 12.8 Å². The van der Waals surface area contributed by atoms with Crippen molar-refractivity contribution >= 4 is 21.4 Å². The van der Waals surface area contributed by atoms with Gasteiger partial charge in [-0.1, -0.05) is 6.07 Å². The van der Waals surface area contributed by atoms with Crippen molar-refractivity contribution in [3.63, 3.8) is 0 Å². The highest BCUT2D eigenvalue weighted by molar-refractivity contribution is 7.89. The molecule has 6 nitrogen and oxygen atoms in total. The Bertz CT molecular complexity index is 568. The van der Waals surface area contributed by atoms with Crippen LogP contribution < -0.4 is 15.8 Å². The van der Waals surface area contributed by atoms with E-state index in [-0.39, 0.29) is 10.6 Å². The number of hydrogen-bond donors (Lipinski definition) is 2. The maximum absolute atomic E-state index is 11.5. The van der Waals surface area contributed by atoms with Gasteiger partial charge in [0.25, 0.3) is 0 Å². The largest absolute Gasteiger partial charge is 0.396 e. The third kappa shape index (κ3) is 3.41. The molecule has 20 heavy (non-hydrogen) atoms. The maximum Gasteiger partial charge on any atom is 0.240 e. The van der Waals surface area contributed by atoms with Crippen molar-refractivity contribution in [2.45, 2.75) is 17.7 Å². The molecule has 1 aromatic carbocycles. The van der Waals surface area contributed by atoms with Crippen LogP contribution in [-0.2, 0) is 10.0 Å². The van der Waals surface area contributed by atoms with Gasteiger partial charge in [0.15, 0.2) is 0 Å². The highest BCUT2D eigenvalue weighted by Crippen LogP contribution is 2.28. The molecule has 0 bridgehead atoms. The average molecular weight is 298 g/mol. The summed E-state index contributed by atoms with van der Waals surface area (Å²) in [7, 11) is -1.87. The minimum atomic E-state index is -3.78. The number of likely N-dealkylation sites (N-methyl/N-ethyl adjacent to an activating group) is 1. The molecule has 1 fully saturated rings. The number of anilines is 2. The van der Waals surface area contributed by atoms with Crippen molar-refractivity contribution in [2.75, 3.05) is 43.9 Å². The van der Waals surface area contributed by atoms with Crippen LogP contribution in [-0.4, -0.2) is 46.5 Å². The summed E-state index contributed by atoms with van der Waals surface area (Å²) in [4.78, 5) is 4.36. The minimum absolute atomic E-state index is 0.0111. The third-order valence-electron chi connectivity index (χ3n) is 3.71. The van der Waals surface area contributed by atoms with Crippen LogP contribution in [0.3, 0.4) is 0 Å². The maximum atomic E-state index is 11.5. The molecule has 1 aliphatic heterocycles. The van der Waals surface area contributed by atoms with Crippen molar-refractivity contribution in [2.24, 2.45) is 5.14 Å². The molecule has 1 aliphatic rings. The number of para-hydroxylation sites is 1. The lowest BCUT2D eigenvalue weighted by molar-refractivity contribution is 0.346. The summed E-state index contributed by atoms with van der Waals surface area (Å²) in [5.41, 5.74) is 6.87. The van der Waals surface area contributed by atoms with E-state index >= 15 is 0 Å². The van der Waals surface area contributed by atoms with E-state index < -0.39 is 10.0 Å². The first-order chi connectivity index (χ1) is 9.39. The van der Waals surface area contributed by atoms with Crippen molar-refractivity contribution in [1.29, 1.82) is 0 Å². The molecule has 0 unspecified atom stereocenters. The molecule has 1 saturated heterocycles. The highest BCUT2D eigenvalue weighted by Gasteiger charge is 2.17. The van der Waals surface area contributed by atoms with Gasteiger partial charge < -0.3 is 15.5 Å². The van der Waals surface area contributed by atoms with Crippen LogP contribution in [0.15, 0.2) is 23.1 Å². The smallest absolute Gasteiger partial charge is 0.240 e. The number of hydrogen-bond acceptors (Lipinski definition) is 5. The van der Waals surface area contributed by atoms with E-state index in [0.717, 1.165) is 26.2 Å². The summed E-state index contributed by atoms with van der Waals surface area (Å²) in [6.07, 6.45) is 2.51. The highest BCUT2D eigenvalue weighted by atomic mass is 32.2. The number of nitrogen functional groups attached to an aromatic ring is 1. The number of nitrogens with zero attached hydrogens (tertiary/aromatic N) is 2. The van der Waals surface area contributed by atoms with Crippen LogP contribution in [0.4, 0.5) is 11.4 Å². The predicted octanol–water partition coefficient (Wildman–Crippen LogP) is 0.448. The van der Waals surface area contributed by atoms with Crippen molar-refractivity contribution in [3.05, 3.63) is 18.2 Å². The molecule has 7 heteroatoms. The van der Waals surface area contributed by atoms with Crippen LogP contribution in [0.2, 0.25) is 0 Å². The molecule has 0 spiro atoms. The van der Waals surface area contributed by atoms with Gasteiger partial charge in [-0.2, -0.15) is 0 Å². The van der Waals surface area contributed by atoms with Gasteiger partial charge in [-0.25, -0.2) is 13.6 Å². The summed E-state index contributed by atoms with van der Waals surface area (Å²) < 4.78 is 22.9. The van der Waals surface area contributed by atoms with Crippen LogP contribution >= 0.6 is 0 Å². The molecule has 2 rings (SSSR count). The van der Waals surface area contributed by atoms with Gasteiger partial charge in [0, 0.05) is 20.1 Å². The van der Waals surface area contributed by atoms with Gasteiger partial charge in [-0.05, 0) is 38.1 Å². The predicted molar refractivity (Wildman–Crippen MR) is 81.2 cm³/mol. The van der Waals surface area contributed by atoms with Crippen molar-refractivity contribution < 1.29 is 8.42 Å². The Labute approximate surface area is 120 Å².